The lowest BCUT2D eigenvalue weighted by Gasteiger charge is -2.57. The second-order valence-corrected chi connectivity index (χ2v) is 8.78. The van der Waals surface area contributed by atoms with Gasteiger partial charge >= 0.3 is 5.97 Å². The molecule has 6 nitrogen and oxygen atoms in total. The van der Waals surface area contributed by atoms with Crippen LogP contribution in [0, 0.1) is 17.8 Å². The standard InChI is InChI=1S/C22H29NO5/c1-14(28-20(24)13-27-19-5-3-18(26-2)4-6-19)21(25)23-22-10-15-7-16(11-22)9-17(8-15)12-22/h3-6,14-17H,7-13H2,1-2H3,(H,23,25)/t14-,15?,16?,17?,22?/m1/s1. The first-order valence-corrected chi connectivity index (χ1v) is 10.2. The lowest BCUT2D eigenvalue weighted by molar-refractivity contribution is -0.158. The van der Waals surface area contributed by atoms with Gasteiger partial charge in [0.2, 0.25) is 0 Å². The van der Waals surface area contributed by atoms with Crippen molar-refractivity contribution in [3.05, 3.63) is 24.3 Å². The zero-order chi connectivity index (χ0) is 19.7. The number of nitrogens with one attached hydrogen (secondary N) is 1. The quantitative estimate of drug-likeness (QED) is 0.728. The number of carbonyl (C=O) groups excluding carboxylic acids is 2. The van der Waals surface area contributed by atoms with Crippen LogP contribution < -0.4 is 14.8 Å². The van der Waals surface area contributed by atoms with E-state index in [0.717, 1.165) is 37.0 Å². The predicted octanol–water partition coefficient (Wildman–Crippen LogP) is 3.09. The highest BCUT2D eigenvalue weighted by atomic mass is 16.6. The van der Waals surface area contributed by atoms with Crippen molar-refractivity contribution in [2.45, 2.75) is 57.1 Å². The van der Waals surface area contributed by atoms with Crippen molar-refractivity contribution in [2.24, 2.45) is 17.8 Å². The van der Waals surface area contributed by atoms with Gasteiger partial charge in [0.05, 0.1) is 7.11 Å². The van der Waals surface area contributed by atoms with E-state index in [0.29, 0.717) is 11.5 Å². The van der Waals surface area contributed by atoms with Gasteiger partial charge in [-0.1, -0.05) is 0 Å². The number of carbonyl (C=O) groups is 2. The SMILES string of the molecule is COc1ccc(OCC(=O)O[C@H](C)C(=O)NC23CC4CC(CC(C4)C2)C3)cc1. The highest BCUT2D eigenvalue weighted by molar-refractivity contribution is 5.84. The first-order chi connectivity index (χ1) is 13.4. The maximum absolute atomic E-state index is 12.7. The van der Waals surface area contributed by atoms with Gasteiger partial charge in [0, 0.05) is 5.54 Å². The third-order valence-electron chi connectivity index (χ3n) is 6.52. The summed E-state index contributed by atoms with van der Waals surface area (Å²) in [4.78, 5) is 24.7. The van der Waals surface area contributed by atoms with E-state index in [2.05, 4.69) is 5.32 Å². The Kier molecular flexibility index (Phi) is 5.21. The molecule has 0 spiro atoms. The first kappa shape index (κ1) is 19.1. The van der Waals surface area contributed by atoms with Crippen LogP contribution in [0.5, 0.6) is 11.5 Å². The van der Waals surface area contributed by atoms with Crippen molar-refractivity contribution in [1.29, 1.82) is 0 Å². The summed E-state index contributed by atoms with van der Waals surface area (Å²) < 4.78 is 15.8. The first-order valence-electron chi connectivity index (χ1n) is 10.2. The molecular weight excluding hydrogens is 358 g/mol. The monoisotopic (exact) mass is 387 g/mol. The molecule has 1 atom stereocenters. The van der Waals surface area contributed by atoms with E-state index in [-0.39, 0.29) is 18.1 Å². The van der Waals surface area contributed by atoms with Gasteiger partial charge in [-0.15, -0.1) is 0 Å². The van der Waals surface area contributed by atoms with Gasteiger partial charge in [-0.3, -0.25) is 4.79 Å². The molecule has 0 unspecified atom stereocenters. The molecular formula is C22H29NO5. The molecule has 1 aromatic carbocycles. The molecule has 4 aliphatic rings. The smallest absolute Gasteiger partial charge is 0.344 e. The Labute approximate surface area is 165 Å². The van der Waals surface area contributed by atoms with Gasteiger partial charge in [0.15, 0.2) is 12.7 Å². The van der Waals surface area contributed by atoms with E-state index in [1.807, 2.05) is 0 Å². The van der Waals surface area contributed by atoms with Crippen LogP contribution in [-0.2, 0) is 14.3 Å². The van der Waals surface area contributed by atoms with E-state index < -0.39 is 12.1 Å². The molecule has 1 N–H and O–H groups in total. The van der Waals surface area contributed by atoms with E-state index >= 15 is 0 Å². The van der Waals surface area contributed by atoms with Gasteiger partial charge in [-0.05, 0) is 87.5 Å². The molecule has 0 aliphatic heterocycles. The fourth-order valence-electron chi connectivity index (χ4n) is 5.73. The maximum Gasteiger partial charge on any atom is 0.344 e. The van der Waals surface area contributed by atoms with Crippen LogP contribution in [0.1, 0.15) is 45.4 Å². The van der Waals surface area contributed by atoms with Crippen molar-refractivity contribution in [1.82, 2.24) is 5.32 Å². The van der Waals surface area contributed by atoms with Crippen molar-refractivity contribution in [3.63, 3.8) is 0 Å². The third-order valence-corrected chi connectivity index (χ3v) is 6.52. The Morgan fingerprint density at radius 2 is 1.57 bits per heavy atom. The molecule has 152 valence electrons. The Morgan fingerprint density at radius 1 is 1.04 bits per heavy atom. The van der Waals surface area contributed by atoms with Gasteiger partial charge in [0.25, 0.3) is 5.91 Å². The van der Waals surface area contributed by atoms with E-state index in [9.17, 15) is 9.59 Å². The molecule has 28 heavy (non-hydrogen) atoms. The maximum atomic E-state index is 12.7. The zero-order valence-corrected chi connectivity index (χ0v) is 16.6. The largest absolute Gasteiger partial charge is 0.497 e. The Morgan fingerprint density at radius 3 is 2.11 bits per heavy atom. The summed E-state index contributed by atoms with van der Waals surface area (Å²) >= 11 is 0. The Hall–Kier alpha value is -2.24. The number of amides is 1. The molecule has 4 aliphatic carbocycles. The van der Waals surface area contributed by atoms with Crippen molar-refractivity contribution in [2.75, 3.05) is 13.7 Å². The molecule has 1 amide bonds. The Bertz CT molecular complexity index is 694. The molecule has 4 saturated carbocycles. The van der Waals surface area contributed by atoms with Crippen molar-refractivity contribution < 1.29 is 23.8 Å². The highest BCUT2D eigenvalue weighted by Gasteiger charge is 2.51. The molecule has 4 bridgehead atoms. The molecule has 0 saturated heterocycles. The molecule has 6 heteroatoms. The summed E-state index contributed by atoms with van der Waals surface area (Å²) in [5, 5.41) is 3.25. The van der Waals surface area contributed by atoms with Crippen LogP contribution >= 0.6 is 0 Å². The van der Waals surface area contributed by atoms with Gasteiger partial charge in [-0.2, -0.15) is 0 Å². The average Bonchev–Trinajstić information content (AvgIpc) is 2.65. The minimum atomic E-state index is -0.819. The summed E-state index contributed by atoms with van der Waals surface area (Å²) in [6.45, 7) is 1.39. The van der Waals surface area contributed by atoms with Crippen molar-refractivity contribution >= 4 is 11.9 Å². The second kappa shape index (κ2) is 7.64. The number of ether oxygens (including phenoxy) is 3. The Balaban J connectivity index is 1.25. The van der Waals surface area contributed by atoms with Crippen LogP contribution in [0.4, 0.5) is 0 Å². The molecule has 0 radical (unpaired) electrons. The van der Waals surface area contributed by atoms with E-state index in [1.165, 1.54) is 19.3 Å². The minimum absolute atomic E-state index is 0.0773. The number of hydrogen-bond donors (Lipinski definition) is 1. The second-order valence-electron chi connectivity index (χ2n) is 8.78. The van der Waals surface area contributed by atoms with Crippen LogP contribution in [0.15, 0.2) is 24.3 Å². The fraction of sp³-hybridized carbons (Fsp3) is 0.636. The van der Waals surface area contributed by atoms with Crippen LogP contribution in [0.3, 0.4) is 0 Å². The van der Waals surface area contributed by atoms with Crippen LogP contribution in [0.25, 0.3) is 0 Å². The molecule has 0 aromatic heterocycles. The van der Waals surface area contributed by atoms with E-state index in [1.54, 1.807) is 38.3 Å². The normalized spacial score (nSPS) is 31.1. The number of hydrogen-bond acceptors (Lipinski definition) is 5. The summed E-state index contributed by atoms with van der Waals surface area (Å²) in [7, 11) is 1.59. The van der Waals surface area contributed by atoms with Crippen molar-refractivity contribution in [3.8, 4) is 11.5 Å². The topological polar surface area (TPSA) is 73.9 Å². The molecule has 1 aromatic rings. The van der Waals surface area contributed by atoms with Gasteiger partial charge in [0.1, 0.15) is 11.5 Å². The lowest BCUT2D eigenvalue weighted by Crippen LogP contribution is -2.61. The summed E-state index contributed by atoms with van der Waals surface area (Å²) in [5.41, 5.74) is -0.0773. The van der Waals surface area contributed by atoms with E-state index in [4.69, 9.17) is 14.2 Å². The number of esters is 1. The number of benzene rings is 1. The summed E-state index contributed by atoms with van der Waals surface area (Å²) in [5.74, 6) is 2.77. The predicted molar refractivity (Wildman–Crippen MR) is 103 cm³/mol. The third kappa shape index (κ3) is 4.10. The van der Waals surface area contributed by atoms with Gasteiger partial charge < -0.3 is 19.5 Å². The number of methoxy groups -OCH3 is 1. The lowest BCUT2D eigenvalue weighted by atomic mass is 9.53. The zero-order valence-electron chi connectivity index (χ0n) is 16.6. The average molecular weight is 387 g/mol. The van der Waals surface area contributed by atoms with Crippen LogP contribution in [-0.4, -0.2) is 37.2 Å². The fourth-order valence-corrected chi connectivity index (χ4v) is 5.73. The van der Waals surface area contributed by atoms with Gasteiger partial charge in [-0.25, -0.2) is 4.79 Å². The molecule has 5 rings (SSSR count). The van der Waals surface area contributed by atoms with Crippen LogP contribution in [0.2, 0.25) is 0 Å². The summed E-state index contributed by atoms with van der Waals surface area (Å²) in [6, 6.07) is 6.94. The number of rotatable bonds is 7. The molecule has 0 heterocycles. The highest BCUT2D eigenvalue weighted by Crippen LogP contribution is 2.55. The molecule has 4 fully saturated rings. The summed E-state index contributed by atoms with van der Waals surface area (Å²) in [6.07, 6.45) is 6.37. The minimum Gasteiger partial charge on any atom is -0.497 e.